The quantitative estimate of drug-likeness (QED) is 0.796. The largest absolute Gasteiger partial charge is 0.478 e. The third-order valence-electron chi connectivity index (χ3n) is 2.12. The molecule has 0 aliphatic heterocycles. The minimum absolute atomic E-state index is 0.0204. The molecule has 0 unspecified atom stereocenters. The number of anilines is 1. The van der Waals surface area contributed by atoms with Gasteiger partial charge in [0.1, 0.15) is 5.82 Å². The number of thiazole rings is 1. The number of carboxylic acids is 1. The van der Waals surface area contributed by atoms with Gasteiger partial charge in [-0.25, -0.2) is 9.78 Å². The van der Waals surface area contributed by atoms with Crippen molar-refractivity contribution in [1.29, 1.82) is 0 Å². The first-order valence-electron chi connectivity index (χ1n) is 4.85. The smallest absolute Gasteiger partial charge is 0.337 e. The monoisotopic (exact) mass is 285 g/mol. The lowest BCUT2D eigenvalue weighted by Crippen LogP contribution is -2.06. The number of aromatic nitrogens is 2. The van der Waals surface area contributed by atoms with Gasteiger partial charge in [0.05, 0.1) is 17.1 Å². The van der Waals surface area contributed by atoms with Crippen LogP contribution in [0.3, 0.4) is 0 Å². The van der Waals surface area contributed by atoms with Gasteiger partial charge in [0.25, 0.3) is 0 Å². The van der Waals surface area contributed by atoms with Crippen molar-refractivity contribution in [2.75, 3.05) is 5.32 Å². The van der Waals surface area contributed by atoms with E-state index >= 15 is 0 Å². The van der Waals surface area contributed by atoms with E-state index in [1.807, 2.05) is 0 Å². The normalized spacial score (nSPS) is 10.3. The summed E-state index contributed by atoms with van der Waals surface area (Å²) >= 11 is 6.76. The number of aromatic amines is 1. The van der Waals surface area contributed by atoms with Gasteiger partial charge in [-0.2, -0.15) is 0 Å². The van der Waals surface area contributed by atoms with Crippen LogP contribution in [-0.2, 0) is 6.54 Å². The number of H-pyrrole nitrogens is 1. The highest BCUT2D eigenvalue weighted by molar-refractivity contribution is 7.07. The number of pyridine rings is 1. The Morgan fingerprint density at radius 3 is 3.00 bits per heavy atom. The van der Waals surface area contributed by atoms with Gasteiger partial charge in [-0.1, -0.05) is 22.9 Å². The molecule has 2 aromatic rings. The molecule has 0 atom stereocenters. The second kappa shape index (κ2) is 5.19. The summed E-state index contributed by atoms with van der Waals surface area (Å²) in [7, 11) is 0. The van der Waals surface area contributed by atoms with Crippen LogP contribution in [0.1, 0.15) is 16.1 Å². The molecule has 0 spiro atoms. The molecule has 94 valence electrons. The predicted molar refractivity (Wildman–Crippen MR) is 68.5 cm³/mol. The van der Waals surface area contributed by atoms with Crippen LogP contribution in [0.15, 0.2) is 22.4 Å². The minimum Gasteiger partial charge on any atom is -0.478 e. The third-order valence-corrected chi connectivity index (χ3v) is 3.14. The SMILES string of the molecule is O=C(O)c1cc(NCc2csc(=O)[nH]2)ncc1Cl. The molecule has 0 fully saturated rings. The Labute approximate surface area is 110 Å². The molecule has 0 aromatic carbocycles. The molecule has 0 amide bonds. The van der Waals surface area contributed by atoms with Gasteiger partial charge >= 0.3 is 10.8 Å². The second-order valence-electron chi connectivity index (χ2n) is 3.38. The molecule has 0 radical (unpaired) electrons. The summed E-state index contributed by atoms with van der Waals surface area (Å²) in [6.45, 7) is 0.354. The summed E-state index contributed by atoms with van der Waals surface area (Å²) < 4.78 is 0. The number of aromatic carboxylic acids is 1. The van der Waals surface area contributed by atoms with Crippen molar-refractivity contribution in [3.8, 4) is 0 Å². The van der Waals surface area contributed by atoms with Gasteiger partial charge in [-0.15, -0.1) is 0 Å². The number of halogens is 1. The van der Waals surface area contributed by atoms with Gasteiger partial charge in [-0.05, 0) is 6.07 Å². The zero-order valence-corrected chi connectivity index (χ0v) is 10.5. The summed E-state index contributed by atoms with van der Waals surface area (Å²) in [5.41, 5.74) is 0.687. The molecule has 8 heteroatoms. The van der Waals surface area contributed by atoms with Gasteiger partial charge in [0.15, 0.2) is 0 Å². The van der Waals surface area contributed by atoms with Crippen LogP contribution in [0.5, 0.6) is 0 Å². The molecular weight excluding hydrogens is 278 g/mol. The fourth-order valence-electron chi connectivity index (χ4n) is 1.29. The van der Waals surface area contributed by atoms with Crippen molar-refractivity contribution in [3.05, 3.63) is 43.6 Å². The Kier molecular flexibility index (Phi) is 3.63. The van der Waals surface area contributed by atoms with Crippen LogP contribution in [0.2, 0.25) is 5.02 Å². The highest BCUT2D eigenvalue weighted by Gasteiger charge is 2.10. The summed E-state index contributed by atoms with van der Waals surface area (Å²) in [4.78, 5) is 28.2. The van der Waals surface area contributed by atoms with E-state index in [-0.39, 0.29) is 15.5 Å². The molecule has 0 saturated carbocycles. The molecule has 2 heterocycles. The highest BCUT2D eigenvalue weighted by Crippen LogP contribution is 2.18. The number of carbonyl (C=O) groups is 1. The molecule has 3 N–H and O–H groups in total. The minimum atomic E-state index is -1.12. The van der Waals surface area contributed by atoms with E-state index in [4.69, 9.17) is 16.7 Å². The first kappa shape index (κ1) is 12.6. The molecular formula is C10H8ClN3O3S. The summed E-state index contributed by atoms with van der Waals surface area (Å²) in [5, 5.41) is 13.6. The average Bonchev–Trinajstić information content (AvgIpc) is 2.74. The van der Waals surface area contributed by atoms with E-state index in [0.717, 1.165) is 11.3 Å². The first-order chi connectivity index (χ1) is 8.56. The van der Waals surface area contributed by atoms with E-state index in [9.17, 15) is 9.59 Å². The van der Waals surface area contributed by atoms with E-state index in [0.29, 0.717) is 18.1 Å². The zero-order valence-electron chi connectivity index (χ0n) is 8.94. The highest BCUT2D eigenvalue weighted by atomic mass is 35.5. The van der Waals surface area contributed by atoms with Gasteiger partial charge in [-0.3, -0.25) is 4.79 Å². The van der Waals surface area contributed by atoms with E-state index in [2.05, 4.69) is 15.3 Å². The number of carboxylic acid groups (broad SMARTS) is 1. The van der Waals surface area contributed by atoms with Crippen LogP contribution >= 0.6 is 22.9 Å². The van der Waals surface area contributed by atoms with Crippen molar-refractivity contribution in [2.45, 2.75) is 6.54 Å². The van der Waals surface area contributed by atoms with Crippen LogP contribution in [-0.4, -0.2) is 21.0 Å². The van der Waals surface area contributed by atoms with Crippen molar-refractivity contribution in [1.82, 2.24) is 9.97 Å². The van der Waals surface area contributed by atoms with Crippen molar-refractivity contribution in [3.63, 3.8) is 0 Å². The van der Waals surface area contributed by atoms with Crippen LogP contribution < -0.4 is 10.2 Å². The maximum absolute atomic E-state index is 10.9. The van der Waals surface area contributed by atoms with Crippen molar-refractivity contribution < 1.29 is 9.90 Å². The molecule has 0 saturated heterocycles. The Balaban J connectivity index is 2.12. The Hall–Kier alpha value is -1.86. The number of nitrogens with zero attached hydrogens (tertiary/aromatic N) is 1. The third kappa shape index (κ3) is 2.88. The van der Waals surface area contributed by atoms with Gasteiger partial charge < -0.3 is 15.4 Å². The van der Waals surface area contributed by atoms with E-state index in [1.54, 1.807) is 5.38 Å². The van der Waals surface area contributed by atoms with Crippen molar-refractivity contribution in [2.24, 2.45) is 0 Å². The Morgan fingerprint density at radius 1 is 1.61 bits per heavy atom. The fraction of sp³-hybridized carbons (Fsp3) is 0.100. The Morgan fingerprint density at radius 2 is 2.39 bits per heavy atom. The zero-order chi connectivity index (χ0) is 13.1. The van der Waals surface area contributed by atoms with Crippen LogP contribution in [0.4, 0.5) is 5.82 Å². The maximum atomic E-state index is 10.9. The molecule has 2 aromatic heterocycles. The predicted octanol–water partition coefficient (Wildman–Crippen LogP) is 1.80. The van der Waals surface area contributed by atoms with Crippen LogP contribution in [0, 0.1) is 0 Å². The summed E-state index contributed by atoms with van der Waals surface area (Å²) in [5.74, 6) is -0.738. The van der Waals surface area contributed by atoms with E-state index < -0.39 is 5.97 Å². The van der Waals surface area contributed by atoms with Crippen LogP contribution in [0.25, 0.3) is 0 Å². The first-order valence-corrected chi connectivity index (χ1v) is 6.11. The molecule has 6 nitrogen and oxygen atoms in total. The van der Waals surface area contributed by atoms with Gasteiger partial charge in [0.2, 0.25) is 0 Å². The molecule has 0 aliphatic rings. The number of nitrogens with one attached hydrogen (secondary N) is 2. The lowest BCUT2D eigenvalue weighted by molar-refractivity contribution is 0.0697. The number of hydrogen-bond acceptors (Lipinski definition) is 5. The lowest BCUT2D eigenvalue weighted by Gasteiger charge is -2.05. The Bertz CT molecular complexity index is 637. The second-order valence-corrected chi connectivity index (χ2v) is 4.63. The maximum Gasteiger partial charge on any atom is 0.337 e. The van der Waals surface area contributed by atoms with Gasteiger partial charge in [0, 0.05) is 17.3 Å². The molecule has 2 rings (SSSR count). The molecule has 0 aliphatic carbocycles. The molecule has 0 bridgehead atoms. The number of rotatable bonds is 4. The average molecular weight is 286 g/mol. The fourth-order valence-corrected chi connectivity index (χ4v) is 2.05. The lowest BCUT2D eigenvalue weighted by atomic mass is 10.2. The topological polar surface area (TPSA) is 95.1 Å². The summed E-state index contributed by atoms with van der Waals surface area (Å²) in [6.07, 6.45) is 1.27. The van der Waals surface area contributed by atoms with E-state index in [1.165, 1.54) is 12.3 Å². The standard InChI is InChI=1S/C10H8ClN3O3S/c11-7-3-13-8(1-6(7)9(15)16)12-2-5-4-18-10(17)14-5/h1,3-4H,2H2,(H,12,13)(H,14,17)(H,15,16). The molecule has 18 heavy (non-hydrogen) atoms. The van der Waals surface area contributed by atoms with Crippen molar-refractivity contribution >= 4 is 34.7 Å². The summed E-state index contributed by atoms with van der Waals surface area (Å²) in [6, 6.07) is 1.34. The number of hydrogen-bond donors (Lipinski definition) is 3.